The molecular weight excluding hydrogens is 299 g/mol. The van der Waals surface area contributed by atoms with Gasteiger partial charge in [-0.3, -0.25) is 4.98 Å². The van der Waals surface area contributed by atoms with Gasteiger partial charge in [-0.15, -0.1) is 4.39 Å². The van der Waals surface area contributed by atoms with Crippen molar-refractivity contribution in [3.05, 3.63) is 35.7 Å². The predicted octanol–water partition coefficient (Wildman–Crippen LogP) is 3.61. The van der Waals surface area contributed by atoms with Gasteiger partial charge in [-0.25, -0.2) is 4.39 Å². The number of ether oxygens (including phenoxy) is 1. The molecule has 2 aromatic rings. The van der Waals surface area contributed by atoms with E-state index in [2.05, 4.69) is 9.72 Å². The average molecular weight is 317 g/mol. The zero-order valence-electron chi connectivity index (χ0n) is 12.7. The van der Waals surface area contributed by atoms with E-state index in [4.69, 9.17) is 10.2 Å². The first-order valence-corrected chi connectivity index (χ1v) is 6.79. The lowest BCUT2D eigenvalue weighted by atomic mass is 9.98. The summed E-state index contributed by atoms with van der Waals surface area (Å²) in [7, 11) is 0. The topological polar surface area (TPSA) is 62.6 Å². The predicted molar refractivity (Wildman–Crippen MR) is 76.0 cm³/mol. The first-order chi connectivity index (χ1) is 10.2. The number of aliphatic hydroxyl groups is 2. The van der Waals surface area contributed by atoms with Gasteiger partial charge in [0.1, 0.15) is 0 Å². The molecule has 1 heterocycles. The van der Waals surface area contributed by atoms with Gasteiger partial charge < -0.3 is 14.9 Å². The van der Waals surface area contributed by atoms with Gasteiger partial charge in [0, 0.05) is 23.2 Å². The Morgan fingerprint density at radius 3 is 2.27 bits per heavy atom. The molecule has 7 heteroatoms. The van der Waals surface area contributed by atoms with Gasteiger partial charge in [-0.05, 0) is 17.5 Å². The molecule has 0 aliphatic carbocycles. The van der Waals surface area contributed by atoms with Crippen molar-refractivity contribution in [1.82, 2.24) is 4.98 Å². The average Bonchev–Trinajstić information content (AvgIpc) is 2.44. The molecule has 1 aromatic carbocycles. The second-order valence-corrected chi connectivity index (χ2v) is 4.61. The summed E-state index contributed by atoms with van der Waals surface area (Å²) in [4.78, 5) is 3.88. The van der Waals surface area contributed by atoms with E-state index in [1.165, 1.54) is 12.4 Å². The summed E-state index contributed by atoms with van der Waals surface area (Å²) >= 11 is 0. The number of halogens is 3. The molecule has 0 atom stereocenters. The number of nitrogens with zero attached hydrogens (tertiary/aromatic N) is 1. The molecule has 0 fully saturated rings. The fourth-order valence-electron chi connectivity index (χ4n) is 1.95. The first-order valence-electron chi connectivity index (χ1n) is 6.79. The molecule has 0 saturated heterocycles. The smallest absolute Gasteiger partial charge is 0.409 e. The van der Waals surface area contributed by atoms with Crippen molar-refractivity contribution < 1.29 is 28.1 Å². The van der Waals surface area contributed by atoms with E-state index in [0.29, 0.717) is 5.56 Å². The zero-order valence-corrected chi connectivity index (χ0v) is 12.7. The standard InChI is InChI=1S/C13H12F3NO3.C2H6/c1-6(2)8-5-17-4-7-3-9(14)11(15)12(10(7)8)20-13(16,18)19;1-2/h3-6,18-19H,1-2H3;1-2H3. The Kier molecular flexibility index (Phi) is 5.73. The van der Waals surface area contributed by atoms with Crippen molar-refractivity contribution in [3.8, 4) is 5.75 Å². The van der Waals surface area contributed by atoms with Crippen LogP contribution in [0.15, 0.2) is 18.5 Å². The molecular formula is C15H18F3NO3. The van der Waals surface area contributed by atoms with Gasteiger partial charge in [-0.1, -0.05) is 27.7 Å². The third-order valence-electron chi connectivity index (χ3n) is 2.78. The van der Waals surface area contributed by atoms with E-state index < -0.39 is 23.6 Å². The van der Waals surface area contributed by atoms with Crippen LogP contribution in [-0.2, 0) is 0 Å². The van der Waals surface area contributed by atoms with Crippen LogP contribution in [0.4, 0.5) is 13.2 Å². The molecule has 2 rings (SSSR count). The van der Waals surface area contributed by atoms with E-state index in [1.54, 1.807) is 13.8 Å². The van der Waals surface area contributed by atoms with Gasteiger partial charge in [0.2, 0.25) is 5.82 Å². The van der Waals surface area contributed by atoms with Crippen LogP contribution in [0.5, 0.6) is 5.75 Å². The van der Waals surface area contributed by atoms with Gasteiger partial charge in [-0.2, -0.15) is 4.39 Å². The second-order valence-electron chi connectivity index (χ2n) is 4.61. The van der Waals surface area contributed by atoms with Crippen LogP contribution in [0.2, 0.25) is 0 Å². The van der Waals surface area contributed by atoms with Crippen molar-refractivity contribution in [1.29, 1.82) is 0 Å². The van der Waals surface area contributed by atoms with Gasteiger partial charge in [0.05, 0.1) is 0 Å². The Labute approximate surface area is 126 Å². The number of benzene rings is 1. The fourth-order valence-corrected chi connectivity index (χ4v) is 1.95. The van der Waals surface area contributed by atoms with Crippen molar-refractivity contribution >= 4 is 10.8 Å². The van der Waals surface area contributed by atoms with Crippen molar-refractivity contribution in [3.63, 3.8) is 0 Å². The summed E-state index contributed by atoms with van der Waals surface area (Å²) in [5.41, 5.74) is 0.459. The molecule has 122 valence electrons. The molecule has 0 aliphatic heterocycles. The maximum absolute atomic E-state index is 13.8. The molecule has 0 unspecified atom stereocenters. The van der Waals surface area contributed by atoms with E-state index >= 15 is 0 Å². The Morgan fingerprint density at radius 1 is 1.18 bits per heavy atom. The van der Waals surface area contributed by atoms with E-state index in [-0.39, 0.29) is 16.7 Å². The van der Waals surface area contributed by atoms with E-state index in [9.17, 15) is 13.2 Å². The normalized spacial score (nSPS) is 11.4. The highest BCUT2D eigenvalue weighted by Gasteiger charge is 2.30. The number of aromatic nitrogens is 1. The summed E-state index contributed by atoms with van der Waals surface area (Å²) in [5.74, 6) is -3.86. The van der Waals surface area contributed by atoms with Crippen LogP contribution in [0.25, 0.3) is 10.8 Å². The number of alkyl halides is 1. The Bertz CT molecular complexity index is 655. The maximum atomic E-state index is 13.8. The fraction of sp³-hybridized carbons (Fsp3) is 0.400. The number of pyridine rings is 1. The molecule has 0 aliphatic rings. The number of fused-ring (bicyclic) bond motifs is 1. The third kappa shape index (κ3) is 3.86. The second kappa shape index (κ2) is 6.93. The first kappa shape index (κ1) is 18.2. The van der Waals surface area contributed by atoms with Crippen LogP contribution in [0.3, 0.4) is 0 Å². The Balaban J connectivity index is 0.00000116. The summed E-state index contributed by atoms with van der Waals surface area (Å²) in [5, 5.41) is 17.5. The minimum atomic E-state index is -4.11. The number of hydrogen-bond acceptors (Lipinski definition) is 4. The van der Waals surface area contributed by atoms with E-state index in [1.807, 2.05) is 13.8 Å². The molecule has 4 nitrogen and oxygen atoms in total. The van der Waals surface area contributed by atoms with Crippen LogP contribution in [0, 0.1) is 11.6 Å². The van der Waals surface area contributed by atoms with Crippen LogP contribution in [0.1, 0.15) is 39.2 Å². The van der Waals surface area contributed by atoms with Gasteiger partial charge in [0.25, 0.3) is 0 Å². The minimum Gasteiger partial charge on any atom is -0.409 e. The summed E-state index contributed by atoms with van der Waals surface area (Å²) < 4.78 is 44.2. The van der Waals surface area contributed by atoms with Crippen LogP contribution < -0.4 is 4.74 Å². The summed E-state index contributed by atoms with van der Waals surface area (Å²) in [6.45, 7) is 7.53. The molecule has 0 radical (unpaired) electrons. The Hall–Kier alpha value is -1.86. The molecule has 1 aromatic heterocycles. The lowest BCUT2D eigenvalue weighted by molar-refractivity contribution is -0.375. The van der Waals surface area contributed by atoms with Crippen LogP contribution in [-0.4, -0.2) is 21.4 Å². The SMILES string of the molecule is CC.CC(C)c1cncc2cc(F)c(F)c(OC(O)(O)F)c12. The Morgan fingerprint density at radius 2 is 1.77 bits per heavy atom. The number of rotatable bonds is 3. The highest BCUT2D eigenvalue weighted by Crippen LogP contribution is 2.37. The quantitative estimate of drug-likeness (QED) is 0.849. The van der Waals surface area contributed by atoms with Crippen molar-refractivity contribution in [2.75, 3.05) is 0 Å². The largest absolute Gasteiger partial charge is 0.492 e. The zero-order chi connectivity index (χ0) is 17.1. The van der Waals surface area contributed by atoms with E-state index in [0.717, 1.165) is 6.07 Å². The maximum Gasteiger partial charge on any atom is 0.492 e. The molecule has 0 amide bonds. The molecule has 22 heavy (non-hydrogen) atoms. The molecule has 2 N–H and O–H groups in total. The lowest BCUT2D eigenvalue weighted by Gasteiger charge is -2.18. The monoisotopic (exact) mass is 317 g/mol. The van der Waals surface area contributed by atoms with Crippen molar-refractivity contribution in [2.24, 2.45) is 0 Å². The van der Waals surface area contributed by atoms with Gasteiger partial charge in [0.15, 0.2) is 11.6 Å². The molecule has 0 saturated carbocycles. The van der Waals surface area contributed by atoms with Gasteiger partial charge >= 0.3 is 6.23 Å². The highest BCUT2D eigenvalue weighted by molar-refractivity contribution is 5.91. The summed E-state index contributed by atoms with van der Waals surface area (Å²) in [6.07, 6.45) is -1.48. The number of hydrogen-bond donors (Lipinski definition) is 2. The molecule has 0 spiro atoms. The minimum absolute atomic E-state index is 0.0408. The highest BCUT2D eigenvalue weighted by atomic mass is 19.2. The lowest BCUT2D eigenvalue weighted by Crippen LogP contribution is -2.29. The summed E-state index contributed by atoms with van der Waals surface area (Å²) in [6, 6.07) is 0.880. The van der Waals surface area contributed by atoms with Crippen molar-refractivity contribution in [2.45, 2.75) is 39.8 Å². The van der Waals surface area contributed by atoms with Crippen LogP contribution >= 0.6 is 0 Å². The molecule has 0 bridgehead atoms. The third-order valence-corrected chi connectivity index (χ3v) is 2.78.